The monoisotopic (exact) mass is 269 g/mol. The van der Waals surface area contributed by atoms with Gasteiger partial charge in [-0.3, -0.25) is 0 Å². The molecule has 18 heavy (non-hydrogen) atoms. The van der Waals surface area contributed by atoms with Gasteiger partial charge in [-0.15, -0.1) is 0 Å². The lowest BCUT2D eigenvalue weighted by Gasteiger charge is -2.09. The van der Waals surface area contributed by atoms with Gasteiger partial charge in [-0.1, -0.05) is 31.2 Å². The van der Waals surface area contributed by atoms with Crippen molar-refractivity contribution in [1.29, 1.82) is 0 Å². The lowest BCUT2D eigenvalue weighted by Crippen LogP contribution is -2.27. The Labute approximate surface area is 111 Å². The molecular formula is C14H23NO2S. The molecule has 0 saturated carbocycles. The molecule has 0 atom stereocenters. The maximum atomic E-state index is 11.6. The molecule has 0 aliphatic rings. The molecule has 0 aromatic heterocycles. The van der Waals surface area contributed by atoms with Crippen molar-refractivity contribution in [3.05, 3.63) is 35.4 Å². The smallest absolute Gasteiger partial charge is 0.153 e. The molecule has 1 aromatic rings. The summed E-state index contributed by atoms with van der Waals surface area (Å²) in [5.41, 5.74) is 2.51. The van der Waals surface area contributed by atoms with E-state index in [4.69, 9.17) is 0 Å². The summed E-state index contributed by atoms with van der Waals surface area (Å²) in [6.07, 6.45) is 1.04. The van der Waals surface area contributed by atoms with Gasteiger partial charge in [0.15, 0.2) is 9.84 Å². The summed E-state index contributed by atoms with van der Waals surface area (Å²) in [5.74, 6) is 0.206. The van der Waals surface area contributed by atoms with Crippen molar-refractivity contribution in [2.45, 2.75) is 39.0 Å². The van der Waals surface area contributed by atoms with Gasteiger partial charge in [-0.2, -0.15) is 0 Å². The van der Waals surface area contributed by atoms with E-state index in [-0.39, 0.29) is 11.0 Å². The van der Waals surface area contributed by atoms with E-state index >= 15 is 0 Å². The summed E-state index contributed by atoms with van der Waals surface area (Å²) >= 11 is 0. The Morgan fingerprint density at radius 2 is 1.67 bits per heavy atom. The minimum absolute atomic E-state index is 0.206. The first-order valence-electron chi connectivity index (χ1n) is 6.46. The lowest BCUT2D eigenvalue weighted by molar-refractivity contribution is 0.582. The standard InChI is InChI=1S/C14H23NO2S/c1-4-13-5-7-14(8-6-13)11-15-9-10-18(16,17)12(2)3/h5-8,12,15H,4,9-11H2,1-3H3. The third kappa shape index (κ3) is 4.78. The van der Waals surface area contributed by atoms with Crippen molar-refractivity contribution in [2.24, 2.45) is 0 Å². The molecule has 0 unspecified atom stereocenters. The molecule has 3 nitrogen and oxygen atoms in total. The van der Waals surface area contributed by atoms with Crippen LogP contribution in [0.1, 0.15) is 31.9 Å². The fourth-order valence-corrected chi connectivity index (χ4v) is 2.48. The SMILES string of the molecule is CCc1ccc(CNCCS(=O)(=O)C(C)C)cc1. The van der Waals surface area contributed by atoms with Gasteiger partial charge in [0.25, 0.3) is 0 Å². The first-order chi connectivity index (χ1) is 8.45. The average molecular weight is 269 g/mol. The van der Waals surface area contributed by atoms with Crippen LogP contribution in [0.15, 0.2) is 24.3 Å². The molecule has 1 aromatic carbocycles. The summed E-state index contributed by atoms with van der Waals surface area (Å²) in [7, 11) is -2.93. The van der Waals surface area contributed by atoms with Crippen LogP contribution < -0.4 is 5.32 Å². The van der Waals surface area contributed by atoms with Gasteiger partial charge in [0.1, 0.15) is 0 Å². The first kappa shape index (κ1) is 15.2. The van der Waals surface area contributed by atoms with Crippen LogP contribution in [0.25, 0.3) is 0 Å². The molecule has 0 heterocycles. The Bertz CT molecular complexity index is 449. The lowest BCUT2D eigenvalue weighted by atomic mass is 10.1. The molecule has 0 radical (unpaired) electrons. The van der Waals surface area contributed by atoms with Crippen molar-refractivity contribution in [2.75, 3.05) is 12.3 Å². The Kier molecular flexibility index (Phi) is 5.82. The number of benzene rings is 1. The van der Waals surface area contributed by atoms with Crippen LogP contribution in [0.5, 0.6) is 0 Å². The third-order valence-electron chi connectivity index (χ3n) is 3.04. The summed E-state index contributed by atoms with van der Waals surface area (Å²) < 4.78 is 23.2. The predicted octanol–water partition coefficient (Wildman–Crippen LogP) is 2.16. The van der Waals surface area contributed by atoms with Gasteiger partial charge in [-0.25, -0.2) is 8.42 Å². The van der Waals surface area contributed by atoms with Gasteiger partial charge in [0, 0.05) is 13.1 Å². The number of hydrogen-bond acceptors (Lipinski definition) is 3. The number of sulfone groups is 1. The highest BCUT2D eigenvalue weighted by Crippen LogP contribution is 2.05. The van der Waals surface area contributed by atoms with E-state index in [9.17, 15) is 8.42 Å². The van der Waals surface area contributed by atoms with Crippen LogP contribution in [0, 0.1) is 0 Å². The van der Waals surface area contributed by atoms with Crippen LogP contribution in [-0.4, -0.2) is 26.0 Å². The van der Waals surface area contributed by atoms with E-state index in [1.54, 1.807) is 13.8 Å². The maximum absolute atomic E-state index is 11.6. The van der Waals surface area contributed by atoms with Crippen LogP contribution in [0.2, 0.25) is 0 Å². The molecule has 102 valence electrons. The zero-order chi connectivity index (χ0) is 13.6. The Balaban J connectivity index is 2.34. The van der Waals surface area contributed by atoms with Crippen molar-refractivity contribution < 1.29 is 8.42 Å². The van der Waals surface area contributed by atoms with Crippen molar-refractivity contribution in [1.82, 2.24) is 5.32 Å². The summed E-state index contributed by atoms with van der Waals surface area (Å²) in [4.78, 5) is 0. The van der Waals surface area contributed by atoms with Crippen LogP contribution in [-0.2, 0) is 22.8 Å². The normalized spacial score (nSPS) is 12.0. The zero-order valence-electron chi connectivity index (χ0n) is 11.4. The third-order valence-corrected chi connectivity index (χ3v) is 5.25. The van der Waals surface area contributed by atoms with Crippen LogP contribution in [0.4, 0.5) is 0 Å². The van der Waals surface area contributed by atoms with Crippen molar-refractivity contribution >= 4 is 9.84 Å². The highest BCUT2D eigenvalue weighted by atomic mass is 32.2. The average Bonchev–Trinajstić information content (AvgIpc) is 2.35. The number of hydrogen-bond donors (Lipinski definition) is 1. The van der Waals surface area contributed by atoms with Crippen molar-refractivity contribution in [3.63, 3.8) is 0 Å². The molecule has 0 saturated heterocycles. The molecule has 0 spiro atoms. The van der Waals surface area contributed by atoms with Crippen LogP contribution in [0.3, 0.4) is 0 Å². The Morgan fingerprint density at radius 1 is 1.11 bits per heavy atom. The minimum Gasteiger partial charge on any atom is -0.312 e. The van der Waals surface area contributed by atoms with Gasteiger partial charge in [0.2, 0.25) is 0 Å². The second-order valence-corrected chi connectivity index (χ2v) is 7.44. The highest BCUT2D eigenvalue weighted by molar-refractivity contribution is 7.92. The summed E-state index contributed by atoms with van der Waals surface area (Å²) in [6.45, 7) is 6.80. The van der Waals surface area contributed by atoms with E-state index in [0.29, 0.717) is 6.54 Å². The Hall–Kier alpha value is -0.870. The number of aryl methyl sites for hydroxylation is 1. The molecule has 0 fully saturated rings. The van der Waals surface area contributed by atoms with Gasteiger partial charge < -0.3 is 5.32 Å². The van der Waals surface area contributed by atoms with Gasteiger partial charge in [0.05, 0.1) is 11.0 Å². The molecule has 0 bridgehead atoms. The summed E-state index contributed by atoms with van der Waals surface area (Å²) in [6, 6.07) is 8.40. The number of rotatable bonds is 7. The second kappa shape index (κ2) is 6.90. The van der Waals surface area contributed by atoms with Gasteiger partial charge in [-0.05, 0) is 31.4 Å². The molecule has 1 rings (SSSR count). The maximum Gasteiger partial charge on any atom is 0.153 e. The number of nitrogens with one attached hydrogen (secondary N) is 1. The molecule has 0 amide bonds. The van der Waals surface area contributed by atoms with E-state index in [2.05, 4.69) is 36.5 Å². The Morgan fingerprint density at radius 3 is 2.17 bits per heavy atom. The predicted molar refractivity (Wildman–Crippen MR) is 76.4 cm³/mol. The summed E-state index contributed by atoms with van der Waals surface area (Å²) in [5, 5.41) is 2.88. The minimum atomic E-state index is -2.93. The second-order valence-electron chi connectivity index (χ2n) is 4.76. The molecular weight excluding hydrogens is 246 g/mol. The fourth-order valence-electron chi connectivity index (χ4n) is 1.58. The largest absolute Gasteiger partial charge is 0.312 e. The van der Waals surface area contributed by atoms with E-state index in [0.717, 1.165) is 13.0 Å². The van der Waals surface area contributed by atoms with Crippen molar-refractivity contribution in [3.8, 4) is 0 Å². The zero-order valence-corrected chi connectivity index (χ0v) is 12.3. The molecule has 1 N–H and O–H groups in total. The first-order valence-corrected chi connectivity index (χ1v) is 8.17. The highest BCUT2D eigenvalue weighted by Gasteiger charge is 2.14. The topological polar surface area (TPSA) is 46.2 Å². The quantitative estimate of drug-likeness (QED) is 0.772. The van der Waals surface area contributed by atoms with E-state index in [1.165, 1.54) is 11.1 Å². The molecule has 0 aliphatic heterocycles. The molecule has 4 heteroatoms. The molecule has 0 aliphatic carbocycles. The van der Waals surface area contributed by atoms with Crippen LogP contribution >= 0.6 is 0 Å². The van der Waals surface area contributed by atoms with Gasteiger partial charge >= 0.3 is 0 Å². The van der Waals surface area contributed by atoms with E-state index in [1.807, 2.05) is 0 Å². The van der Waals surface area contributed by atoms with E-state index < -0.39 is 9.84 Å². The fraction of sp³-hybridized carbons (Fsp3) is 0.571.